The quantitative estimate of drug-likeness (QED) is 0.553. The van der Waals surface area contributed by atoms with Crippen LogP contribution in [0.5, 0.6) is 0 Å². The van der Waals surface area contributed by atoms with Gasteiger partial charge in [-0.25, -0.2) is 4.79 Å². The molecule has 1 saturated heterocycles. The molecule has 31 heavy (non-hydrogen) atoms. The van der Waals surface area contributed by atoms with Crippen LogP contribution in [0, 0.1) is 0 Å². The van der Waals surface area contributed by atoms with Crippen molar-refractivity contribution >= 4 is 34.4 Å². The summed E-state index contributed by atoms with van der Waals surface area (Å²) in [5.74, 6) is -0.803. The van der Waals surface area contributed by atoms with E-state index < -0.39 is 23.9 Å². The molecule has 4 amide bonds. The molecule has 1 aliphatic rings. The molecular formula is C24H26N4O3. The second-order valence-electron chi connectivity index (χ2n) is 8.83. The van der Waals surface area contributed by atoms with Crippen LogP contribution in [0.15, 0.2) is 54.7 Å². The minimum atomic E-state index is -0.693. The Morgan fingerprint density at radius 2 is 1.77 bits per heavy atom. The third-order valence-corrected chi connectivity index (χ3v) is 5.52. The predicted molar refractivity (Wildman–Crippen MR) is 120 cm³/mol. The van der Waals surface area contributed by atoms with Crippen molar-refractivity contribution < 1.29 is 14.4 Å². The molecule has 0 aliphatic carbocycles. The number of carbonyl (C=O) groups excluding carboxylic acids is 3. The topological polar surface area (TPSA) is 94.3 Å². The van der Waals surface area contributed by atoms with E-state index >= 15 is 0 Å². The van der Waals surface area contributed by atoms with Gasteiger partial charge in [-0.2, -0.15) is 0 Å². The minimum Gasteiger partial charge on any atom is -0.361 e. The van der Waals surface area contributed by atoms with E-state index in [1.54, 1.807) is 0 Å². The smallest absolute Gasteiger partial charge is 0.325 e. The number of urea groups is 1. The Morgan fingerprint density at radius 1 is 1.06 bits per heavy atom. The number of H-pyrrole nitrogens is 1. The molecule has 0 bridgehead atoms. The summed E-state index contributed by atoms with van der Waals surface area (Å²) in [6, 6.07) is 14.1. The fourth-order valence-corrected chi connectivity index (χ4v) is 3.96. The van der Waals surface area contributed by atoms with Crippen LogP contribution in [0.25, 0.3) is 10.9 Å². The number of para-hydroxylation sites is 2. The highest BCUT2D eigenvalue weighted by atomic mass is 16.2. The lowest BCUT2D eigenvalue weighted by Crippen LogP contribution is -2.38. The zero-order valence-corrected chi connectivity index (χ0v) is 17.9. The van der Waals surface area contributed by atoms with E-state index in [2.05, 4.69) is 36.4 Å². The molecule has 1 fully saturated rings. The van der Waals surface area contributed by atoms with Crippen molar-refractivity contribution in [1.29, 1.82) is 0 Å². The average Bonchev–Trinajstić information content (AvgIpc) is 3.24. The first-order valence-electron chi connectivity index (χ1n) is 10.3. The molecule has 1 aliphatic heterocycles. The summed E-state index contributed by atoms with van der Waals surface area (Å²) in [6.45, 7) is 5.85. The maximum absolute atomic E-state index is 12.8. The lowest BCUT2D eigenvalue weighted by Gasteiger charge is -2.23. The summed E-state index contributed by atoms with van der Waals surface area (Å²) in [5, 5.41) is 6.57. The molecular weight excluding hydrogens is 392 g/mol. The fraction of sp³-hybridized carbons (Fsp3) is 0.292. The van der Waals surface area contributed by atoms with Crippen molar-refractivity contribution in [2.24, 2.45) is 0 Å². The molecule has 1 atom stereocenters. The van der Waals surface area contributed by atoms with Crippen LogP contribution in [0.1, 0.15) is 31.9 Å². The Hall–Kier alpha value is -3.61. The number of aromatic nitrogens is 1. The maximum atomic E-state index is 12.8. The monoisotopic (exact) mass is 418 g/mol. The van der Waals surface area contributed by atoms with Crippen LogP contribution in [0.4, 0.5) is 10.5 Å². The molecule has 0 radical (unpaired) electrons. The number of anilines is 1. The molecule has 3 aromatic rings. The first-order chi connectivity index (χ1) is 14.7. The van der Waals surface area contributed by atoms with Crippen LogP contribution in [-0.2, 0) is 21.4 Å². The summed E-state index contributed by atoms with van der Waals surface area (Å²) in [6.07, 6.45) is 2.21. The molecule has 4 rings (SSSR count). The van der Waals surface area contributed by atoms with Crippen LogP contribution >= 0.6 is 0 Å². The summed E-state index contributed by atoms with van der Waals surface area (Å²) in [7, 11) is 0. The number of hydrogen-bond acceptors (Lipinski definition) is 3. The van der Waals surface area contributed by atoms with Gasteiger partial charge in [0.05, 0.1) is 0 Å². The van der Waals surface area contributed by atoms with Gasteiger partial charge in [0.25, 0.3) is 5.91 Å². The van der Waals surface area contributed by atoms with E-state index in [1.165, 1.54) is 0 Å². The average molecular weight is 418 g/mol. The van der Waals surface area contributed by atoms with Gasteiger partial charge in [-0.05, 0) is 28.7 Å². The number of nitrogens with one attached hydrogen (secondary N) is 3. The Labute approximate surface area is 180 Å². The first-order valence-corrected chi connectivity index (χ1v) is 10.3. The Kier molecular flexibility index (Phi) is 5.27. The summed E-state index contributed by atoms with van der Waals surface area (Å²) < 4.78 is 0. The van der Waals surface area contributed by atoms with Gasteiger partial charge in [0.1, 0.15) is 12.6 Å². The van der Waals surface area contributed by atoms with Crippen LogP contribution in [0.2, 0.25) is 0 Å². The second-order valence-corrected chi connectivity index (χ2v) is 8.83. The zero-order valence-electron chi connectivity index (χ0n) is 17.9. The van der Waals surface area contributed by atoms with E-state index in [-0.39, 0.29) is 12.0 Å². The van der Waals surface area contributed by atoms with Crippen molar-refractivity contribution in [3.63, 3.8) is 0 Å². The Morgan fingerprint density at radius 3 is 2.55 bits per heavy atom. The summed E-state index contributed by atoms with van der Waals surface area (Å²) in [4.78, 5) is 42.1. The van der Waals surface area contributed by atoms with Gasteiger partial charge in [-0.3, -0.25) is 14.5 Å². The molecule has 2 heterocycles. The van der Waals surface area contributed by atoms with Crippen LogP contribution < -0.4 is 10.6 Å². The number of hydrogen-bond donors (Lipinski definition) is 3. The number of imide groups is 1. The third kappa shape index (κ3) is 4.17. The van der Waals surface area contributed by atoms with Gasteiger partial charge < -0.3 is 15.6 Å². The lowest BCUT2D eigenvalue weighted by atomic mass is 9.86. The third-order valence-electron chi connectivity index (χ3n) is 5.52. The highest BCUT2D eigenvalue weighted by Crippen LogP contribution is 2.29. The first kappa shape index (κ1) is 20.7. The van der Waals surface area contributed by atoms with Crippen molar-refractivity contribution in [3.8, 4) is 0 Å². The zero-order chi connectivity index (χ0) is 22.2. The molecule has 0 unspecified atom stereocenters. The van der Waals surface area contributed by atoms with E-state index in [0.29, 0.717) is 12.1 Å². The molecule has 0 spiro atoms. The van der Waals surface area contributed by atoms with E-state index in [1.807, 2.05) is 54.7 Å². The van der Waals surface area contributed by atoms with Crippen molar-refractivity contribution in [1.82, 2.24) is 15.2 Å². The number of amides is 4. The van der Waals surface area contributed by atoms with Gasteiger partial charge in [-0.1, -0.05) is 57.2 Å². The predicted octanol–water partition coefficient (Wildman–Crippen LogP) is 3.57. The van der Waals surface area contributed by atoms with Crippen LogP contribution in [0.3, 0.4) is 0 Å². The maximum Gasteiger partial charge on any atom is 0.325 e. The van der Waals surface area contributed by atoms with E-state index in [0.717, 1.165) is 26.9 Å². The summed E-state index contributed by atoms with van der Waals surface area (Å²) >= 11 is 0. The molecule has 160 valence electrons. The van der Waals surface area contributed by atoms with Gasteiger partial charge in [-0.15, -0.1) is 0 Å². The highest BCUT2D eigenvalue weighted by molar-refractivity contribution is 6.08. The van der Waals surface area contributed by atoms with Crippen LogP contribution in [-0.4, -0.2) is 40.3 Å². The van der Waals surface area contributed by atoms with E-state index in [4.69, 9.17) is 0 Å². The summed E-state index contributed by atoms with van der Waals surface area (Å²) in [5.41, 5.74) is 3.43. The standard InChI is InChI=1S/C24H26N4O3/c1-24(2,3)17-9-5-7-11-19(17)26-21(29)14-28-22(30)20(27-23(28)31)12-15-13-25-18-10-6-4-8-16(15)18/h4-11,13,20,25H,12,14H2,1-3H3,(H,26,29)(H,27,31)/t20-/m1/s1. The number of fused-ring (bicyclic) bond motifs is 1. The Bertz CT molecular complexity index is 1160. The normalized spacial score (nSPS) is 16.6. The highest BCUT2D eigenvalue weighted by Gasteiger charge is 2.39. The fourth-order valence-electron chi connectivity index (χ4n) is 3.96. The minimum absolute atomic E-state index is 0.158. The number of aromatic amines is 1. The number of carbonyl (C=O) groups is 3. The molecule has 0 saturated carbocycles. The lowest BCUT2D eigenvalue weighted by molar-refractivity contribution is -0.130. The molecule has 7 heteroatoms. The van der Waals surface area contributed by atoms with Crippen molar-refractivity contribution in [2.45, 2.75) is 38.6 Å². The van der Waals surface area contributed by atoms with Gasteiger partial charge >= 0.3 is 6.03 Å². The van der Waals surface area contributed by atoms with Gasteiger partial charge in [0.15, 0.2) is 0 Å². The van der Waals surface area contributed by atoms with Gasteiger partial charge in [0.2, 0.25) is 5.91 Å². The van der Waals surface area contributed by atoms with Crippen molar-refractivity contribution in [2.75, 3.05) is 11.9 Å². The number of benzene rings is 2. The SMILES string of the molecule is CC(C)(C)c1ccccc1NC(=O)CN1C(=O)N[C@H](Cc2c[nH]c3ccccc23)C1=O. The Balaban J connectivity index is 1.44. The van der Waals surface area contributed by atoms with Gasteiger partial charge in [0, 0.05) is 29.2 Å². The molecule has 2 aromatic carbocycles. The largest absolute Gasteiger partial charge is 0.361 e. The van der Waals surface area contributed by atoms with E-state index in [9.17, 15) is 14.4 Å². The second kappa shape index (κ2) is 7.91. The molecule has 3 N–H and O–H groups in total. The molecule has 7 nitrogen and oxygen atoms in total. The van der Waals surface area contributed by atoms with Crippen molar-refractivity contribution in [3.05, 3.63) is 65.9 Å². The molecule has 1 aromatic heterocycles. The number of nitrogens with zero attached hydrogens (tertiary/aromatic N) is 1. The number of rotatable bonds is 5.